The number of benzene rings is 2. The maximum Gasteiger partial charge on any atom is 0.194 e. The zero-order valence-electron chi connectivity index (χ0n) is 15.6. The molecule has 0 saturated heterocycles. The smallest absolute Gasteiger partial charge is 0.194 e. The highest BCUT2D eigenvalue weighted by atomic mass is 127. The highest BCUT2D eigenvalue weighted by Crippen LogP contribution is 2.08. The second-order valence-electron chi connectivity index (χ2n) is 6.43. The van der Waals surface area contributed by atoms with Crippen LogP contribution >= 0.6 is 24.0 Å². The summed E-state index contributed by atoms with van der Waals surface area (Å²) in [5.41, 5.74) is 3.80. The average molecular weight is 452 g/mol. The standard InChI is InChI=1S/C20H28N4.HI/c1-23(2)16-19-12-8-11-18(13-19)15-22-20(24(3)4)21-14-17-9-6-5-7-10-17;/h5-13H,14-16H2,1-4H3,(H,21,22);1H. The Morgan fingerprint density at radius 3 is 2.16 bits per heavy atom. The molecule has 0 aliphatic heterocycles. The maximum absolute atomic E-state index is 4.75. The molecule has 1 N–H and O–H groups in total. The van der Waals surface area contributed by atoms with E-state index in [9.17, 15) is 0 Å². The Kier molecular flexibility index (Phi) is 9.52. The highest BCUT2D eigenvalue weighted by Gasteiger charge is 2.03. The fourth-order valence-corrected chi connectivity index (χ4v) is 2.49. The van der Waals surface area contributed by atoms with Crippen molar-refractivity contribution in [3.63, 3.8) is 0 Å². The first-order valence-corrected chi connectivity index (χ1v) is 8.26. The number of rotatable bonds is 6. The van der Waals surface area contributed by atoms with Gasteiger partial charge in [-0.3, -0.25) is 0 Å². The Balaban J connectivity index is 0.00000312. The van der Waals surface area contributed by atoms with Crippen molar-refractivity contribution in [1.29, 1.82) is 0 Å². The van der Waals surface area contributed by atoms with Crippen LogP contribution in [0.25, 0.3) is 0 Å². The molecule has 0 atom stereocenters. The summed E-state index contributed by atoms with van der Waals surface area (Å²) in [4.78, 5) is 8.94. The first-order chi connectivity index (χ1) is 11.5. The second-order valence-corrected chi connectivity index (χ2v) is 6.43. The van der Waals surface area contributed by atoms with Crippen LogP contribution < -0.4 is 5.32 Å². The molecule has 0 saturated carbocycles. The molecule has 0 spiro atoms. The van der Waals surface area contributed by atoms with Gasteiger partial charge < -0.3 is 15.1 Å². The number of nitrogens with zero attached hydrogens (tertiary/aromatic N) is 3. The highest BCUT2D eigenvalue weighted by molar-refractivity contribution is 14.0. The van der Waals surface area contributed by atoms with E-state index in [1.165, 1.54) is 16.7 Å². The van der Waals surface area contributed by atoms with Crippen molar-refractivity contribution in [2.45, 2.75) is 19.6 Å². The van der Waals surface area contributed by atoms with Crippen LogP contribution in [0.5, 0.6) is 0 Å². The molecule has 0 fully saturated rings. The summed E-state index contributed by atoms with van der Waals surface area (Å²) in [5, 5.41) is 3.42. The van der Waals surface area contributed by atoms with E-state index in [2.05, 4.69) is 72.8 Å². The summed E-state index contributed by atoms with van der Waals surface area (Å²) in [6.07, 6.45) is 0. The summed E-state index contributed by atoms with van der Waals surface area (Å²) in [6, 6.07) is 19.0. The van der Waals surface area contributed by atoms with E-state index in [0.717, 1.165) is 19.0 Å². The van der Waals surface area contributed by atoms with Crippen LogP contribution in [0.15, 0.2) is 59.6 Å². The predicted molar refractivity (Wildman–Crippen MR) is 117 cm³/mol. The lowest BCUT2D eigenvalue weighted by Gasteiger charge is -2.18. The Hall–Kier alpha value is -1.60. The minimum atomic E-state index is 0. The SMILES string of the molecule is CN(C)Cc1cccc(CN=C(NCc2ccccc2)N(C)C)c1.I. The van der Waals surface area contributed by atoms with E-state index in [-0.39, 0.29) is 24.0 Å². The fraction of sp³-hybridized carbons (Fsp3) is 0.350. The van der Waals surface area contributed by atoms with Crippen LogP contribution in [0, 0.1) is 0 Å². The molecule has 0 aliphatic carbocycles. The zero-order chi connectivity index (χ0) is 17.4. The summed E-state index contributed by atoms with van der Waals surface area (Å²) in [6.45, 7) is 2.40. The molecule has 0 unspecified atom stereocenters. The molecule has 25 heavy (non-hydrogen) atoms. The Morgan fingerprint density at radius 1 is 0.880 bits per heavy atom. The van der Waals surface area contributed by atoms with Gasteiger partial charge in [0.2, 0.25) is 0 Å². The van der Waals surface area contributed by atoms with E-state index in [4.69, 9.17) is 4.99 Å². The number of hydrogen-bond acceptors (Lipinski definition) is 2. The van der Waals surface area contributed by atoms with E-state index < -0.39 is 0 Å². The van der Waals surface area contributed by atoms with Crippen LogP contribution in [0.3, 0.4) is 0 Å². The Morgan fingerprint density at radius 2 is 1.52 bits per heavy atom. The second kappa shape index (κ2) is 11.1. The lowest BCUT2D eigenvalue weighted by molar-refractivity contribution is 0.402. The van der Waals surface area contributed by atoms with Crippen LogP contribution in [0.1, 0.15) is 16.7 Å². The van der Waals surface area contributed by atoms with Crippen LogP contribution in [-0.4, -0.2) is 44.0 Å². The quantitative estimate of drug-likeness (QED) is 0.413. The molecule has 0 radical (unpaired) electrons. The number of hydrogen-bond donors (Lipinski definition) is 1. The third-order valence-electron chi connectivity index (χ3n) is 3.62. The van der Waals surface area contributed by atoms with Crippen molar-refractivity contribution in [2.24, 2.45) is 4.99 Å². The van der Waals surface area contributed by atoms with E-state index in [1.54, 1.807) is 0 Å². The van der Waals surface area contributed by atoms with Gasteiger partial charge >= 0.3 is 0 Å². The molecule has 2 rings (SSSR count). The van der Waals surface area contributed by atoms with Gasteiger partial charge in [0.1, 0.15) is 0 Å². The molecule has 4 nitrogen and oxygen atoms in total. The first-order valence-electron chi connectivity index (χ1n) is 8.26. The van der Waals surface area contributed by atoms with Crippen molar-refractivity contribution < 1.29 is 0 Å². The van der Waals surface area contributed by atoms with Gasteiger partial charge in [-0.15, -0.1) is 24.0 Å². The molecule has 5 heteroatoms. The van der Waals surface area contributed by atoms with Crippen molar-refractivity contribution in [1.82, 2.24) is 15.1 Å². The molecule has 0 aliphatic rings. The van der Waals surface area contributed by atoms with Gasteiger partial charge in [-0.05, 0) is 30.8 Å². The van der Waals surface area contributed by atoms with Gasteiger partial charge in [0.05, 0.1) is 6.54 Å². The van der Waals surface area contributed by atoms with Crippen molar-refractivity contribution >= 4 is 29.9 Å². The lowest BCUT2D eigenvalue weighted by atomic mass is 10.1. The topological polar surface area (TPSA) is 30.9 Å². The number of halogens is 1. The molecule has 2 aromatic carbocycles. The molecular formula is C20H29IN4. The maximum atomic E-state index is 4.75. The van der Waals surface area contributed by atoms with Crippen molar-refractivity contribution in [3.8, 4) is 0 Å². The molecule has 0 bridgehead atoms. The fourth-order valence-electron chi connectivity index (χ4n) is 2.49. The molecular weight excluding hydrogens is 423 g/mol. The molecule has 136 valence electrons. The van der Waals surface area contributed by atoms with Gasteiger partial charge in [-0.2, -0.15) is 0 Å². The van der Waals surface area contributed by atoms with Gasteiger partial charge in [0.15, 0.2) is 5.96 Å². The molecule has 0 amide bonds. The monoisotopic (exact) mass is 452 g/mol. The third kappa shape index (κ3) is 7.88. The summed E-state index contributed by atoms with van der Waals surface area (Å²) >= 11 is 0. The van der Waals surface area contributed by atoms with Gasteiger partial charge in [0, 0.05) is 27.2 Å². The van der Waals surface area contributed by atoms with E-state index >= 15 is 0 Å². The van der Waals surface area contributed by atoms with Crippen molar-refractivity contribution in [2.75, 3.05) is 28.2 Å². The minimum absolute atomic E-state index is 0. The zero-order valence-corrected chi connectivity index (χ0v) is 17.9. The van der Waals surface area contributed by atoms with Gasteiger partial charge in [-0.25, -0.2) is 4.99 Å². The number of nitrogens with one attached hydrogen (secondary N) is 1. The lowest BCUT2D eigenvalue weighted by Crippen LogP contribution is -2.36. The largest absolute Gasteiger partial charge is 0.352 e. The number of aliphatic imine (C=N–C) groups is 1. The first kappa shape index (κ1) is 21.4. The Labute approximate surface area is 169 Å². The summed E-state index contributed by atoms with van der Waals surface area (Å²) in [5.74, 6) is 0.900. The molecule has 0 heterocycles. The third-order valence-corrected chi connectivity index (χ3v) is 3.62. The molecule has 0 aromatic heterocycles. The summed E-state index contributed by atoms with van der Waals surface area (Å²) < 4.78 is 0. The van der Waals surface area contributed by atoms with Crippen LogP contribution in [0.2, 0.25) is 0 Å². The van der Waals surface area contributed by atoms with Crippen molar-refractivity contribution in [3.05, 3.63) is 71.3 Å². The number of guanidine groups is 1. The van der Waals surface area contributed by atoms with Crippen LogP contribution in [-0.2, 0) is 19.6 Å². The van der Waals surface area contributed by atoms with E-state index in [1.807, 2.05) is 25.1 Å². The van der Waals surface area contributed by atoms with Gasteiger partial charge in [0.25, 0.3) is 0 Å². The Bertz CT molecular complexity index is 654. The average Bonchev–Trinajstić information content (AvgIpc) is 2.55. The predicted octanol–water partition coefficient (Wildman–Crippen LogP) is 3.57. The normalized spacial score (nSPS) is 11.2. The molecule has 2 aromatic rings. The summed E-state index contributed by atoms with van der Waals surface area (Å²) in [7, 11) is 8.20. The van der Waals surface area contributed by atoms with Gasteiger partial charge in [-0.1, -0.05) is 54.6 Å². The minimum Gasteiger partial charge on any atom is -0.352 e. The van der Waals surface area contributed by atoms with E-state index in [0.29, 0.717) is 6.54 Å². The van der Waals surface area contributed by atoms with Crippen LogP contribution in [0.4, 0.5) is 0 Å².